The first-order chi connectivity index (χ1) is 15.6. The van der Waals surface area contributed by atoms with E-state index in [2.05, 4.69) is 10.2 Å². The van der Waals surface area contributed by atoms with E-state index in [4.69, 9.17) is 4.74 Å². The summed E-state index contributed by atoms with van der Waals surface area (Å²) in [7, 11) is 1.61. The molecule has 3 amide bonds. The summed E-state index contributed by atoms with van der Waals surface area (Å²) in [5, 5.41) is 2.95. The third kappa shape index (κ3) is 3.94. The molecular formula is C26H31N3O3. The minimum atomic E-state index is -0.169. The molecule has 2 aliphatic heterocycles. The highest BCUT2D eigenvalue weighted by Crippen LogP contribution is 2.37. The van der Waals surface area contributed by atoms with Crippen LogP contribution in [-0.2, 0) is 6.42 Å². The number of piperidine rings is 1. The third-order valence-corrected chi connectivity index (χ3v) is 7.29. The molecule has 1 saturated heterocycles. The summed E-state index contributed by atoms with van der Waals surface area (Å²) >= 11 is 0. The summed E-state index contributed by atoms with van der Waals surface area (Å²) in [4.78, 5) is 30.2. The summed E-state index contributed by atoms with van der Waals surface area (Å²) in [6, 6.07) is 13.4. The number of likely N-dealkylation sites (tertiary alicyclic amines) is 1. The Hall–Kier alpha value is -3.02. The Labute approximate surface area is 189 Å². The summed E-state index contributed by atoms with van der Waals surface area (Å²) < 4.78 is 5.24. The van der Waals surface area contributed by atoms with Crippen molar-refractivity contribution in [2.75, 3.05) is 30.4 Å². The van der Waals surface area contributed by atoms with Crippen LogP contribution in [0.4, 0.5) is 16.2 Å². The molecule has 1 saturated carbocycles. The zero-order valence-electron chi connectivity index (χ0n) is 18.7. The normalized spacial score (nSPS) is 22.2. The van der Waals surface area contributed by atoms with Crippen molar-refractivity contribution in [1.82, 2.24) is 4.90 Å². The average molecular weight is 434 g/mol. The molecule has 1 N–H and O–H groups in total. The summed E-state index contributed by atoms with van der Waals surface area (Å²) in [5.41, 5.74) is 3.40. The first-order valence-corrected chi connectivity index (χ1v) is 11.8. The van der Waals surface area contributed by atoms with Crippen LogP contribution in [0.15, 0.2) is 42.5 Å². The van der Waals surface area contributed by atoms with Gasteiger partial charge in [-0.05, 0) is 73.9 Å². The zero-order valence-corrected chi connectivity index (χ0v) is 18.7. The van der Waals surface area contributed by atoms with Gasteiger partial charge in [-0.2, -0.15) is 0 Å². The molecule has 32 heavy (non-hydrogen) atoms. The lowest BCUT2D eigenvalue weighted by Gasteiger charge is -2.44. The van der Waals surface area contributed by atoms with Crippen LogP contribution in [-0.4, -0.2) is 43.1 Å². The van der Waals surface area contributed by atoms with Crippen LogP contribution in [0.2, 0.25) is 0 Å². The van der Waals surface area contributed by atoms with E-state index in [0.29, 0.717) is 29.9 Å². The van der Waals surface area contributed by atoms with Crippen molar-refractivity contribution in [2.45, 2.75) is 51.0 Å². The maximum absolute atomic E-state index is 13.4. The summed E-state index contributed by atoms with van der Waals surface area (Å²) in [5.74, 6) is 1.53. The van der Waals surface area contributed by atoms with E-state index < -0.39 is 0 Å². The smallest absolute Gasteiger partial charge is 0.326 e. The molecule has 2 heterocycles. The van der Waals surface area contributed by atoms with Crippen molar-refractivity contribution in [1.29, 1.82) is 0 Å². The van der Waals surface area contributed by atoms with Gasteiger partial charge in [-0.1, -0.05) is 18.9 Å². The van der Waals surface area contributed by atoms with E-state index >= 15 is 0 Å². The molecule has 2 aromatic carbocycles. The van der Waals surface area contributed by atoms with Crippen LogP contribution >= 0.6 is 0 Å². The van der Waals surface area contributed by atoms with Gasteiger partial charge in [0.25, 0.3) is 5.91 Å². The molecule has 0 bridgehead atoms. The minimum absolute atomic E-state index is 0.156. The maximum Gasteiger partial charge on any atom is 0.326 e. The topological polar surface area (TPSA) is 61.9 Å². The predicted molar refractivity (Wildman–Crippen MR) is 126 cm³/mol. The Morgan fingerprint density at radius 1 is 1.00 bits per heavy atom. The largest absolute Gasteiger partial charge is 0.497 e. The van der Waals surface area contributed by atoms with Crippen LogP contribution < -0.4 is 15.0 Å². The van der Waals surface area contributed by atoms with Crippen molar-refractivity contribution in [3.63, 3.8) is 0 Å². The Kier molecular flexibility index (Phi) is 5.77. The number of rotatable bonds is 3. The number of methoxy groups -OCH3 is 1. The second kappa shape index (κ2) is 8.85. The molecule has 2 atom stereocenters. The van der Waals surface area contributed by atoms with Gasteiger partial charge in [0, 0.05) is 42.1 Å². The lowest BCUT2D eigenvalue weighted by Crippen LogP contribution is -2.49. The Bertz CT molecular complexity index is 1020. The third-order valence-electron chi connectivity index (χ3n) is 7.29. The summed E-state index contributed by atoms with van der Waals surface area (Å²) in [6.45, 7) is 1.48. The van der Waals surface area contributed by atoms with Crippen LogP contribution in [0.3, 0.4) is 0 Å². The molecule has 0 unspecified atom stereocenters. The average Bonchev–Trinajstić information content (AvgIpc) is 3.27. The van der Waals surface area contributed by atoms with Crippen molar-refractivity contribution in [3.05, 3.63) is 53.6 Å². The standard InChI is InChI=1S/C26H31N3O3/c1-32-22-9-4-8-21(17-22)27-26(31)29-15-13-19-16-20(11-12-24(19)29)25(30)28-14-5-7-18-6-2-3-10-23(18)28/h4,8-9,11-12,16-18,23H,2-3,5-7,10,13-15H2,1H3,(H,27,31)/t18-,23-/m1/s1. The molecule has 0 spiro atoms. The maximum atomic E-state index is 13.4. The van der Waals surface area contributed by atoms with Gasteiger partial charge >= 0.3 is 6.03 Å². The van der Waals surface area contributed by atoms with Crippen molar-refractivity contribution in [3.8, 4) is 5.75 Å². The number of nitrogens with one attached hydrogen (secondary N) is 1. The number of carbonyl (C=O) groups excluding carboxylic acids is 2. The van der Waals surface area contributed by atoms with E-state index in [-0.39, 0.29) is 11.9 Å². The second-order valence-electron chi connectivity index (χ2n) is 9.16. The number of nitrogens with zero attached hydrogens (tertiary/aromatic N) is 2. The highest BCUT2D eigenvalue weighted by Gasteiger charge is 2.36. The number of hydrogen-bond donors (Lipinski definition) is 1. The number of hydrogen-bond acceptors (Lipinski definition) is 3. The monoisotopic (exact) mass is 433 g/mol. The highest BCUT2D eigenvalue weighted by molar-refractivity contribution is 6.04. The van der Waals surface area contributed by atoms with Crippen LogP contribution in [0.5, 0.6) is 5.75 Å². The molecule has 0 aromatic heterocycles. The minimum Gasteiger partial charge on any atom is -0.497 e. The molecule has 2 fully saturated rings. The van der Waals surface area contributed by atoms with Crippen LogP contribution in [0.25, 0.3) is 0 Å². The van der Waals surface area contributed by atoms with Gasteiger partial charge in [0.2, 0.25) is 0 Å². The van der Waals surface area contributed by atoms with Crippen molar-refractivity contribution in [2.24, 2.45) is 5.92 Å². The van der Waals surface area contributed by atoms with E-state index in [1.54, 1.807) is 18.1 Å². The van der Waals surface area contributed by atoms with E-state index in [1.807, 2.05) is 36.4 Å². The molecular weight excluding hydrogens is 402 g/mol. The van der Waals surface area contributed by atoms with Crippen molar-refractivity contribution < 1.29 is 14.3 Å². The van der Waals surface area contributed by atoms with Gasteiger partial charge in [0.05, 0.1) is 7.11 Å². The fourth-order valence-electron chi connectivity index (χ4n) is 5.68. The molecule has 3 aliphatic rings. The SMILES string of the molecule is COc1cccc(NC(=O)N2CCc3cc(C(=O)N4CCC[C@H]5CCCC[C@H]54)ccc32)c1. The molecule has 0 radical (unpaired) electrons. The van der Waals surface area contributed by atoms with E-state index in [9.17, 15) is 9.59 Å². The highest BCUT2D eigenvalue weighted by atomic mass is 16.5. The quantitative estimate of drug-likeness (QED) is 0.734. The number of amides is 3. The van der Waals surface area contributed by atoms with Crippen LogP contribution in [0.1, 0.15) is 54.4 Å². The van der Waals surface area contributed by atoms with Gasteiger partial charge in [-0.25, -0.2) is 4.79 Å². The fraction of sp³-hybridized carbons (Fsp3) is 0.462. The fourth-order valence-corrected chi connectivity index (χ4v) is 5.68. The van der Waals surface area contributed by atoms with Crippen molar-refractivity contribution >= 4 is 23.3 Å². The first-order valence-electron chi connectivity index (χ1n) is 11.8. The number of urea groups is 1. The molecule has 2 aromatic rings. The molecule has 1 aliphatic carbocycles. The molecule has 168 valence electrons. The summed E-state index contributed by atoms with van der Waals surface area (Å²) in [6.07, 6.45) is 8.05. The Balaban J connectivity index is 1.31. The zero-order chi connectivity index (χ0) is 22.1. The Morgan fingerprint density at radius 3 is 2.72 bits per heavy atom. The van der Waals surface area contributed by atoms with E-state index in [0.717, 1.165) is 42.6 Å². The Morgan fingerprint density at radius 2 is 1.84 bits per heavy atom. The number of benzene rings is 2. The number of carbonyl (C=O) groups is 2. The van der Waals surface area contributed by atoms with Gasteiger partial charge in [-0.15, -0.1) is 0 Å². The van der Waals surface area contributed by atoms with E-state index in [1.165, 1.54) is 25.7 Å². The lowest BCUT2D eigenvalue weighted by atomic mass is 9.78. The number of fused-ring (bicyclic) bond motifs is 2. The van der Waals surface area contributed by atoms with Crippen LogP contribution in [0, 0.1) is 5.92 Å². The van der Waals surface area contributed by atoms with Gasteiger partial charge in [-0.3, -0.25) is 9.69 Å². The molecule has 5 rings (SSSR count). The number of ether oxygens (including phenoxy) is 1. The van der Waals surface area contributed by atoms with Gasteiger partial charge < -0.3 is 15.0 Å². The van der Waals surface area contributed by atoms with Gasteiger partial charge in [0.15, 0.2) is 0 Å². The second-order valence-corrected chi connectivity index (χ2v) is 9.16. The molecule has 6 heteroatoms. The van der Waals surface area contributed by atoms with Gasteiger partial charge in [0.1, 0.15) is 5.75 Å². The lowest BCUT2D eigenvalue weighted by molar-refractivity contribution is 0.0390. The predicted octanol–water partition coefficient (Wildman–Crippen LogP) is 5.08. The number of anilines is 2. The molecule has 6 nitrogen and oxygen atoms in total. The first kappa shape index (κ1) is 20.9.